The molecule has 0 saturated carbocycles. The number of hydrogen-bond donors (Lipinski definition) is 2. The summed E-state index contributed by atoms with van der Waals surface area (Å²) in [6.45, 7) is 2.98. The van der Waals surface area contributed by atoms with Gasteiger partial charge in [-0.1, -0.05) is 18.2 Å². The summed E-state index contributed by atoms with van der Waals surface area (Å²) in [6.07, 6.45) is 0. The van der Waals surface area contributed by atoms with Crippen LogP contribution in [0.25, 0.3) is 10.9 Å². The van der Waals surface area contributed by atoms with Crippen LogP contribution in [0.5, 0.6) is 0 Å². The minimum atomic E-state index is 0.856. The Labute approximate surface area is 91.8 Å². The van der Waals surface area contributed by atoms with Crippen LogP contribution in [0.1, 0.15) is 11.3 Å². The molecule has 74 valence electrons. The maximum Gasteiger partial charge on any atom is 0.0497 e. The molecule has 2 rings (SSSR count). The first kappa shape index (κ1) is 9.74. The number of benzene rings is 1. The van der Waals surface area contributed by atoms with E-state index in [0.717, 1.165) is 6.54 Å². The summed E-state index contributed by atoms with van der Waals surface area (Å²) in [5, 5.41) is 4.40. The highest BCUT2D eigenvalue weighted by atomic mass is 79.9. The zero-order valence-corrected chi connectivity index (χ0v) is 9.90. The lowest BCUT2D eigenvalue weighted by Gasteiger charge is -1.95. The van der Waals surface area contributed by atoms with Crippen molar-refractivity contribution in [3.8, 4) is 0 Å². The zero-order valence-electron chi connectivity index (χ0n) is 8.32. The van der Waals surface area contributed by atoms with Gasteiger partial charge in [-0.15, -0.1) is 0 Å². The molecule has 0 saturated heterocycles. The van der Waals surface area contributed by atoms with Crippen molar-refractivity contribution in [2.24, 2.45) is 0 Å². The lowest BCUT2D eigenvalue weighted by atomic mass is 10.2. The minimum Gasteiger partial charge on any atom is -0.356 e. The Hall–Kier alpha value is -0.800. The molecule has 0 atom stereocenters. The van der Waals surface area contributed by atoms with Crippen LogP contribution in [-0.4, -0.2) is 12.0 Å². The molecule has 1 aromatic heterocycles. The van der Waals surface area contributed by atoms with E-state index in [4.69, 9.17) is 0 Å². The van der Waals surface area contributed by atoms with E-state index in [0.29, 0.717) is 0 Å². The van der Waals surface area contributed by atoms with Crippen LogP contribution in [0.15, 0.2) is 22.7 Å². The molecule has 0 fully saturated rings. The van der Waals surface area contributed by atoms with Gasteiger partial charge in [-0.25, -0.2) is 0 Å². The number of aryl methyl sites for hydroxylation is 1. The van der Waals surface area contributed by atoms with E-state index in [2.05, 4.69) is 51.4 Å². The summed E-state index contributed by atoms with van der Waals surface area (Å²) in [4.78, 5) is 3.42. The van der Waals surface area contributed by atoms with Gasteiger partial charge in [0.15, 0.2) is 0 Å². The van der Waals surface area contributed by atoms with Crippen LogP contribution in [0.3, 0.4) is 0 Å². The normalized spacial score (nSPS) is 11.1. The van der Waals surface area contributed by atoms with Gasteiger partial charge >= 0.3 is 0 Å². The number of hydrogen-bond acceptors (Lipinski definition) is 1. The topological polar surface area (TPSA) is 27.8 Å². The average Bonchev–Trinajstić information content (AvgIpc) is 2.48. The summed E-state index contributed by atoms with van der Waals surface area (Å²) in [6, 6.07) is 6.33. The van der Waals surface area contributed by atoms with Gasteiger partial charge in [0.05, 0.1) is 0 Å². The molecule has 2 nitrogen and oxygen atoms in total. The van der Waals surface area contributed by atoms with E-state index in [1.54, 1.807) is 0 Å². The lowest BCUT2D eigenvalue weighted by molar-refractivity contribution is 0.796. The molecule has 3 heteroatoms. The third-order valence-corrected chi connectivity index (χ3v) is 3.31. The maximum absolute atomic E-state index is 3.62. The van der Waals surface area contributed by atoms with Gasteiger partial charge in [0, 0.05) is 27.6 Å². The van der Waals surface area contributed by atoms with Crippen molar-refractivity contribution in [3.63, 3.8) is 0 Å². The molecule has 0 aliphatic rings. The Morgan fingerprint density at radius 3 is 2.86 bits per heavy atom. The Kier molecular flexibility index (Phi) is 2.61. The number of nitrogens with one attached hydrogen (secondary N) is 2. The van der Waals surface area contributed by atoms with Crippen LogP contribution in [0.2, 0.25) is 0 Å². The Morgan fingerprint density at radius 2 is 2.21 bits per heavy atom. The van der Waals surface area contributed by atoms with Gasteiger partial charge in [-0.2, -0.15) is 0 Å². The highest BCUT2D eigenvalue weighted by Crippen LogP contribution is 2.29. The monoisotopic (exact) mass is 252 g/mol. The molecule has 0 bridgehead atoms. The van der Waals surface area contributed by atoms with Crippen molar-refractivity contribution in [1.29, 1.82) is 0 Å². The Morgan fingerprint density at radius 1 is 1.43 bits per heavy atom. The van der Waals surface area contributed by atoms with Gasteiger partial charge < -0.3 is 10.3 Å². The summed E-state index contributed by atoms with van der Waals surface area (Å²) >= 11 is 3.62. The third-order valence-electron chi connectivity index (χ3n) is 2.40. The minimum absolute atomic E-state index is 0.856. The fourth-order valence-electron chi connectivity index (χ4n) is 1.68. The Balaban J connectivity index is 2.67. The number of rotatable bonds is 2. The van der Waals surface area contributed by atoms with Crippen LogP contribution in [0.4, 0.5) is 0 Å². The first-order valence-corrected chi connectivity index (χ1v) is 5.43. The highest BCUT2D eigenvalue weighted by molar-refractivity contribution is 9.10. The van der Waals surface area contributed by atoms with Gasteiger partial charge in [-0.05, 0) is 35.5 Å². The van der Waals surface area contributed by atoms with Crippen molar-refractivity contribution >= 4 is 26.8 Å². The zero-order chi connectivity index (χ0) is 10.1. The maximum atomic E-state index is 3.62. The number of H-pyrrole nitrogens is 1. The quantitative estimate of drug-likeness (QED) is 0.846. The SMILES string of the molecule is CNCc1[nH]c2c(C)cccc2c1Br. The first-order chi connectivity index (χ1) is 6.74. The van der Waals surface area contributed by atoms with Crippen molar-refractivity contribution < 1.29 is 0 Å². The van der Waals surface area contributed by atoms with E-state index < -0.39 is 0 Å². The molecule has 2 N–H and O–H groups in total. The number of aromatic amines is 1. The van der Waals surface area contributed by atoms with Gasteiger partial charge in [0.2, 0.25) is 0 Å². The van der Waals surface area contributed by atoms with E-state index in [9.17, 15) is 0 Å². The van der Waals surface area contributed by atoms with Gasteiger partial charge in [-0.3, -0.25) is 0 Å². The van der Waals surface area contributed by atoms with E-state index in [1.807, 2.05) is 7.05 Å². The average molecular weight is 253 g/mol. The summed E-state index contributed by atoms with van der Waals surface area (Å²) in [7, 11) is 1.95. The van der Waals surface area contributed by atoms with Crippen LogP contribution in [-0.2, 0) is 6.54 Å². The van der Waals surface area contributed by atoms with Crippen LogP contribution in [0, 0.1) is 6.92 Å². The van der Waals surface area contributed by atoms with Crippen molar-refractivity contribution in [1.82, 2.24) is 10.3 Å². The number of halogens is 1. The van der Waals surface area contributed by atoms with E-state index in [-0.39, 0.29) is 0 Å². The molecule has 0 unspecified atom stereocenters. The second-order valence-corrected chi connectivity index (χ2v) is 4.24. The molecule has 14 heavy (non-hydrogen) atoms. The van der Waals surface area contributed by atoms with E-state index in [1.165, 1.54) is 26.6 Å². The lowest BCUT2D eigenvalue weighted by Crippen LogP contribution is -2.05. The van der Waals surface area contributed by atoms with Crippen molar-refractivity contribution in [3.05, 3.63) is 33.9 Å². The standard InChI is InChI=1S/C11H13BrN2/c1-7-4-3-5-8-10(12)9(6-13-2)14-11(7)8/h3-5,13-14H,6H2,1-2H3. The van der Waals surface area contributed by atoms with Crippen LogP contribution >= 0.6 is 15.9 Å². The molecule has 0 aliphatic heterocycles. The van der Waals surface area contributed by atoms with Crippen molar-refractivity contribution in [2.75, 3.05) is 7.05 Å². The predicted molar refractivity (Wildman–Crippen MR) is 63.5 cm³/mol. The molecule has 0 radical (unpaired) electrons. The van der Waals surface area contributed by atoms with Crippen molar-refractivity contribution in [2.45, 2.75) is 13.5 Å². The smallest absolute Gasteiger partial charge is 0.0497 e. The van der Waals surface area contributed by atoms with E-state index >= 15 is 0 Å². The third kappa shape index (κ3) is 1.47. The molecular weight excluding hydrogens is 240 g/mol. The van der Waals surface area contributed by atoms with Gasteiger partial charge in [0.1, 0.15) is 0 Å². The number of fused-ring (bicyclic) bond motifs is 1. The molecule has 2 aromatic rings. The van der Waals surface area contributed by atoms with Crippen LogP contribution < -0.4 is 5.32 Å². The molecular formula is C11H13BrN2. The second kappa shape index (κ2) is 3.75. The Bertz CT molecular complexity index is 460. The highest BCUT2D eigenvalue weighted by Gasteiger charge is 2.08. The molecule has 1 heterocycles. The molecule has 0 spiro atoms. The summed E-state index contributed by atoms with van der Waals surface area (Å²) < 4.78 is 1.17. The molecule has 1 aromatic carbocycles. The second-order valence-electron chi connectivity index (χ2n) is 3.45. The van der Waals surface area contributed by atoms with Gasteiger partial charge in [0.25, 0.3) is 0 Å². The largest absolute Gasteiger partial charge is 0.356 e. The number of para-hydroxylation sites is 1. The fraction of sp³-hybridized carbons (Fsp3) is 0.273. The summed E-state index contributed by atoms with van der Waals surface area (Å²) in [5.41, 5.74) is 3.71. The first-order valence-electron chi connectivity index (χ1n) is 4.64. The fourth-order valence-corrected chi connectivity index (χ4v) is 2.25. The number of aromatic nitrogens is 1. The molecule has 0 aliphatic carbocycles. The predicted octanol–water partition coefficient (Wildman–Crippen LogP) is 2.96. The molecule has 0 amide bonds. The summed E-state index contributed by atoms with van der Waals surface area (Å²) in [5.74, 6) is 0.